The quantitative estimate of drug-likeness (QED) is 0.644. The number of piperazine rings is 1. The summed E-state index contributed by atoms with van der Waals surface area (Å²) in [6.45, 7) is 5.43. The van der Waals surface area contributed by atoms with Gasteiger partial charge in [-0.2, -0.15) is 0 Å². The second-order valence-electron chi connectivity index (χ2n) is 7.74. The van der Waals surface area contributed by atoms with Crippen molar-refractivity contribution < 1.29 is 14.0 Å². The number of aryl methyl sites for hydroxylation is 1. The smallest absolute Gasteiger partial charge is 0.321 e. The van der Waals surface area contributed by atoms with Crippen LogP contribution in [0.1, 0.15) is 21.8 Å². The Labute approximate surface area is 187 Å². The van der Waals surface area contributed by atoms with Gasteiger partial charge in [-0.15, -0.1) is 0 Å². The predicted octanol–water partition coefficient (Wildman–Crippen LogP) is 3.36. The van der Waals surface area contributed by atoms with Crippen molar-refractivity contribution in [3.8, 4) is 11.5 Å². The van der Waals surface area contributed by atoms with E-state index < -0.39 is 0 Å². The predicted molar refractivity (Wildman–Crippen MR) is 122 cm³/mol. The van der Waals surface area contributed by atoms with E-state index in [2.05, 4.69) is 20.5 Å². The number of anilines is 1. The molecule has 8 heteroatoms. The Morgan fingerprint density at radius 1 is 1.00 bits per heavy atom. The summed E-state index contributed by atoms with van der Waals surface area (Å²) < 4.78 is 5.88. The van der Waals surface area contributed by atoms with Gasteiger partial charge in [-0.25, -0.2) is 9.78 Å². The van der Waals surface area contributed by atoms with Gasteiger partial charge in [0.2, 0.25) is 5.89 Å². The zero-order chi connectivity index (χ0) is 22.5. The number of oxazole rings is 1. The minimum atomic E-state index is -0.127. The summed E-state index contributed by atoms with van der Waals surface area (Å²) in [4.78, 5) is 33.0. The van der Waals surface area contributed by atoms with Gasteiger partial charge in [-0.3, -0.25) is 9.69 Å². The van der Waals surface area contributed by atoms with Crippen LogP contribution >= 0.6 is 0 Å². The molecule has 0 aliphatic carbocycles. The topological polar surface area (TPSA) is 90.7 Å². The Morgan fingerprint density at radius 3 is 2.34 bits per heavy atom. The van der Waals surface area contributed by atoms with Crippen LogP contribution in [-0.2, 0) is 6.54 Å². The zero-order valence-electron chi connectivity index (χ0n) is 18.3. The molecule has 1 saturated heterocycles. The number of carbonyl (C=O) groups excluding carboxylic acids is 2. The molecule has 0 spiro atoms. The van der Waals surface area contributed by atoms with Crippen molar-refractivity contribution in [2.45, 2.75) is 13.5 Å². The lowest BCUT2D eigenvalue weighted by molar-refractivity contribution is 0.0963. The van der Waals surface area contributed by atoms with Gasteiger partial charge in [0.05, 0.1) is 5.69 Å². The molecule has 0 unspecified atom stereocenters. The minimum Gasteiger partial charge on any atom is -0.441 e. The lowest BCUT2D eigenvalue weighted by atomic mass is 10.1. The van der Waals surface area contributed by atoms with E-state index in [1.165, 1.54) is 0 Å². The number of nitrogens with zero attached hydrogens (tertiary/aromatic N) is 3. The highest BCUT2D eigenvalue weighted by Gasteiger charge is 2.23. The van der Waals surface area contributed by atoms with E-state index in [1.807, 2.05) is 54.3 Å². The molecule has 2 aromatic carbocycles. The molecule has 8 nitrogen and oxygen atoms in total. The molecular formula is C24H27N5O3. The number of hydrogen-bond donors (Lipinski definition) is 2. The number of benzene rings is 2. The van der Waals surface area contributed by atoms with Crippen molar-refractivity contribution in [1.82, 2.24) is 20.1 Å². The summed E-state index contributed by atoms with van der Waals surface area (Å²) in [6.07, 6.45) is 0. The number of carbonyl (C=O) groups is 2. The monoisotopic (exact) mass is 433 g/mol. The van der Waals surface area contributed by atoms with Gasteiger partial charge in [-0.05, 0) is 43.3 Å². The van der Waals surface area contributed by atoms with Crippen LogP contribution in [0, 0.1) is 6.92 Å². The number of amides is 3. The average molecular weight is 434 g/mol. The summed E-state index contributed by atoms with van der Waals surface area (Å²) in [5.41, 5.74) is 3.11. The highest BCUT2D eigenvalue weighted by molar-refractivity contribution is 5.94. The second kappa shape index (κ2) is 9.65. The van der Waals surface area contributed by atoms with E-state index >= 15 is 0 Å². The minimum absolute atomic E-state index is 0.0732. The zero-order valence-corrected chi connectivity index (χ0v) is 18.3. The first-order valence-electron chi connectivity index (χ1n) is 10.7. The number of aromatic nitrogens is 1. The number of hydrogen-bond acceptors (Lipinski definition) is 5. The maximum Gasteiger partial charge on any atom is 0.321 e. The number of para-hydroxylation sites is 1. The van der Waals surface area contributed by atoms with Gasteiger partial charge in [-0.1, -0.05) is 18.2 Å². The maximum atomic E-state index is 12.5. The van der Waals surface area contributed by atoms with E-state index in [4.69, 9.17) is 4.42 Å². The molecular weight excluding hydrogens is 406 g/mol. The van der Waals surface area contributed by atoms with E-state index in [1.54, 1.807) is 19.2 Å². The van der Waals surface area contributed by atoms with Crippen LogP contribution in [0.15, 0.2) is 59.0 Å². The Morgan fingerprint density at radius 2 is 1.69 bits per heavy atom. The van der Waals surface area contributed by atoms with Crippen molar-refractivity contribution in [2.24, 2.45) is 0 Å². The van der Waals surface area contributed by atoms with Gasteiger partial charge in [0.15, 0.2) is 0 Å². The molecule has 32 heavy (non-hydrogen) atoms. The van der Waals surface area contributed by atoms with Crippen LogP contribution in [0.25, 0.3) is 11.5 Å². The molecule has 2 heterocycles. The van der Waals surface area contributed by atoms with Gasteiger partial charge in [0.25, 0.3) is 5.91 Å². The molecule has 0 radical (unpaired) electrons. The van der Waals surface area contributed by atoms with E-state index in [0.717, 1.165) is 35.8 Å². The maximum absolute atomic E-state index is 12.5. The third-order valence-corrected chi connectivity index (χ3v) is 5.57. The lowest BCUT2D eigenvalue weighted by Crippen LogP contribution is -2.49. The summed E-state index contributed by atoms with van der Waals surface area (Å²) in [7, 11) is 1.61. The van der Waals surface area contributed by atoms with E-state index in [9.17, 15) is 9.59 Å². The summed E-state index contributed by atoms with van der Waals surface area (Å²) in [5, 5.41) is 5.55. The molecule has 2 N–H and O–H groups in total. The Balaban J connectivity index is 1.33. The lowest BCUT2D eigenvalue weighted by Gasteiger charge is -2.34. The van der Waals surface area contributed by atoms with Crippen LogP contribution in [-0.4, -0.2) is 59.9 Å². The van der Waals surface area contributed by atoms with E-state index in [0.29, 0.717) is 31.1 Å². The summed E-state index contributed by atoms with van der Waals surface area (Å²) in [6, 6.07) is 16.6. The van der Waals surface area contributed by atoms with E-state index in [-0.39, 0.29) is 11.9 Å². The summed E-state index contributed by atoms with van der Waals surface area (Å²) >= 11 is 0. The molecule has 4 rings (SSSR count). The molecule has 1 aliphatic heterocycles. The first-order chi connectivity index (χ1) is 15.5. The number of nitrogens with one attached hydrogen (secondary N) is 2. The first kappa shape index (κ1) is 21.6. The fraction of sp³-hybridized carbons (Fsp3) is 0.292. The largest absolute Gasteiger partial charge is 0.441 e. The van der Waals surface area contributed by atoms with Gasteiger partial charge >= 0.3 is 6.03 Å². The highest BCUT2D eigenvalue weighted by Crippen LogP contribution is 2.23. The SMILES string of the molecule is CNC(=O)c1ccc(-c2nc(CN3CCN(C(=O)Nc4ccccc4)CC3)c(C)o2)cc1. The van der Waals surface area contributed by atoms with Gasteiger partial charge in [0, 0.05) is 56.6 Å². The standard InChI is InChI=1S/C24H27N5O3/c1-17-21(27-23(32-17)19-10-8-18(9-11-19)22(30)25-2)16-28-12-14-29(15-13-28)24(31)26-20-6-4-3-5-7-20/h3-11H,12-16H2,1-2H3,(H,25,30)(H,26,31). The number of rotatable bonds is 5. The van der Waals surface area contributed by atoms with Crippen LogP contribution in [0.2, 0.25) is 0 Å². The van der Waals surface area contributed by atoms with Crippen molar-refractivity contribution in [1.29, 1.82) is 0 Å². The van der Waals surface area contributed by atoms with Crippen LogP contribution in [0.4, 0.5) is 10.5 Å². The normalized spacial score (nSPS) is 14.2. The highest BCUT2D eigenvalue weighted by atomic mass is 16.4. The second-order valence-corrected chi connectivity index (χ2v) is 7.74. The number of urea groups is 1. The first-order valence-corrected chi connectivity index (χ1v) is 10.7. The van der Waals surface area contributed by atoms with Crippen LogP contribution in [0.3, 0.4) is 0 Å². The van der Waals surface area contributed by atoms with Gasteiger partial charge < -0.3 is 20.0 Å². The Hall–Kier alpha value is -3.65. The van der Waals surface area contributed by atoms with Crippen LogP contribution in [0.5, 0.6) is 0 Å². The average Bonchev–Trinajstić information content (AvgIpc) is 3.19. The Bertz CT molecular complexity index is 1070. The summed E-state index contributed by atoms with van der Waals surface area (Å²) in [5.74, 6) is 1.19. The molecule has 0 atom stereocenters. The molecule has 166 valence electrons. The van der Waals surface area contributed by atoms with Crippen LogP contribution < -0.4 is 10.6 Å². The van der Waals surface area contributed by atoms with Crippen molar-refractivity contribution >= 4 is 17.6 Å². The molecule has 1 fully saturated rings. The fourth-order valence-electron chi connectivity index (χ4n) is 3.65. The molecule has 3 amide bonds. The molecule has 1 aromatic heterocycles. The third-order valence-electron chi connectivity index (χ3n) is 5.57. The third kappa shape index (κ3) is 4.97. The molecule has 1 aliphatic rings. The Kier molecular flexibility index (Phi) is 6.51. The van der Waals surface area contributed by atoms with Crippen molar-refractivity contribution in [3.63, 3.8) is 0 Å². The fourth-order valence-corrected chi connectivity index (χ4v) is 3.65. The van der Waals surface area contributed by atoms with Crippen molar-refractivity contribution in [2.75, 3.05) is 38.5 Å². The van der Waals surface area contributed by atoms with Crippen molar-refractivity contribution in [3.05, 3.63) is 71.6 Å². The molecule has 3 aromatic rings. The molecule has 0 saturated carbocycles. The molecule has 0 bridgehead atoms. The van der Waals surface area contributed by atoms with Gasteiger partial charge in [0.1, 0.15) is 5.76 Å².